The van der Waals surface area contributed by atoms with E-state index in [0.717, 1.165) is 17.8 Å². The van der Waals surface area contributed by atoms with Gasteiger partial charge in [-0.05, 0) is 45.5 Å². The van der Waals surface area contributed by atoms with Crippen molar-refractivity contribution >= 4 is 21.4 Å². The van der Waals surface area contributed by atoms with Crippen LogP contribution in [0.2, 0.25) is 0 Å². The summed E-state index contributed by atoms with van der Waals surface area (Å²) in [6.07, 6.45) is 1.53. The highest BCUT2D eigenvalue weighted by Crippen LogP contribution is 2.21. The largest absolute Gasteiger partial charge is 0.382 e. The first-order valence-corrected chi connectivity index (χ1v) is 8.71. The second kappa shape index (κ2) is 8.65. The van der Waals surface area contributed by atoms with Gasteiger partial charge in [-0.3, -0.25) is 0 Å². The van der Waals surface area contributed by atoms with Crippen LogP contribution in [-0.4, -0.2) is 41.8 Å². The first-order valence-electron chi connectivity index (χ1n) is 6.41. The van der Waals surface area contributed by atoms with Crippen LogP contribution in [0.4, 0.5) is 0 Å². The third-order valence-corrected chi connectivity index (χ3v) is 5.58. The maximum atomic E-state index is 12.0. The van der Waals surface area contributed by atoms with Crippen molar-refractivity contribution < 1.29 is 13.2 Å². The molecule has 0 amide bonds. The van der Waals surface area contributed by atoms with E-state index in [1.165, 1.54) is 11.3 Å². The fraction of sp³-hybridized carbons (Fsp3) is 0.667. The molecule has 0 saturated heterocycles. The van der Waals surface area contributed by atoms with E-state index in [4.69, 9.17) is 4.74 Å². The third kappa shape index (κ3) is 6.01. The second-order valence-electron chi connectivity index (χ2n) is 4.02. The fourth-order valence-electron chi connectivity index (χ4n) is 1.48. The first kappa shape index (κ1) is 16.6. The minimum atomic E-state index is -3.36. The molecule has 0 radical (unpaired) electrons. The van der Waals surface area contributed by atoms with Crippen LogP contribution in [0.5, 0.6) is 0 Å². The summed E-state index contributed by atoms with van der Waals surface area (Å²) >= 11 is 1.33. The molecular formula is C12H22N2O3S2. The van der Waals surface area contributed by atoms with Crippen molar-refractivity contribution in [2.75, 3.05) is 33.4 Å². The molecule has 5 nitrogen and oxygen atoms in total. The molecule has 0 aliphatic carbocycles. The lowest BCUT2D eigenvalue weighted by Crippen LogP contribution is -2.24. The van der Waals surface area contributed by atoms with Gasteiger partial charge in [-0.1, -0.05) is 0 Å². The van der Waals surface area contributed by atoms with Crippen molar-refractivity contribution in [3.8, 4) is 0 Å². The van der Waals surface area contributed by atoms with Crippen LogP contribution in [0.15, 0.2) is 16.3 Å². The Morgan fingerprint density at radius 1 is 1.32 bits per heavy atom. The van der Waals surface area contributed by atoms with E-state index in [2.05, 4.69) is 10.0 Å². The highest BCUT2D eigenvalue weighted by molar-refractivity contribution is 7.91. The number of nitrogens with one attached hydrogen (secondary N) is 2. The predicted octanol–water partition coefficient (Wildman–Crippen LogP) is 1.21. The zero-order chi connectivity index (χ0) is 14.1. The Hall–Kier alpha value is -0.470. The van der Waals surface area contributed by atoms with Gasteiger partial charge in [0.15, 0.2) is 0 Å². The molecule has 110 valence electrons. The molecule has 0 aliphatic heterocycles. The van der Waals surface area contributed by atoms with Crippen molar-refractivity contribution in [2.24, 2.45) is 0 Å². The standard InChI is InChI=1S/C12H22N2O3S2/c1-3-17-10-4-8-14-19(15,16)12-6-5-11(18-12)7-9-13-2/h5-6,13-14H,3-4,7-10H2,1-2H3. The van der Waals surface area contributed by atoms with Gasteiger partial charge in [-0.15, -0.1) is 11.3 Å². The Kier molecular flexibility index (Phi) is 7.55. The fourth-order valence-corrected chi connectivity index (χ4v) is 3.96. The Balaban J connectivity index is 2.45. The summed E-state index contributed by atoms with van der Waals surface area (Å²) in [6, 6.07) is 3.54. The SMILES string of the molecule is CCOCCCNS(=O)(=O)c1ccc(CCNC)s1. The normalized spacial score (nSPS) is 11.9. The molecule has 0 fully saturated rings. The summed E-state index contributed by atoms with van der Waals surface area (Å²) in [5, 5.41) is 3.05. The van der Waals surface area contributed by atoms with Gasteiger partial charge < -0.3 is 10.1 Å². The molecule has 0 unspecified atom stereocenters. The number of rotatable bonds is 10. The smallest absolute Gasteiger partial charge is 0.250 e. The molecule has 0 aromatic carbocycles. The third-order valence-electron chi connectivity index (χ3n) is 2.48. The summed E-state index contributed by atoms with van der Waals surface area (Å²) in [7, 11) is -1.48. The quantitative estimate of drug-likeness (QED) is 0.638. The van der Waals surface area contributed by atoms with Gasteiger partial charge in [0.05, 0.1) is 0 Å². The van der Waals surface area contributed by atoms with Gasteiger partial charge >= 0.3 is 0 Å². The summed E-state index contributed by atoms with van der Waals surface area (Å²) < 4.78 is 32.1. The highest BCUT2D eigenvalue weighted by Gasteiger charge is 2.15. The van der Waals surface area contributed by atoms with Crippen LogP contribution in [0, 0.1) is 0 Å². The van der Waals surface area contributed by atoms with Gasteiger partial charge in [0.1, 0.15) is 4.21 Å². The monoisotopic (exact) mass is 306 g/mol. The van der Waals surface area contributed by atoms with Gasteiger partial charge in [-0.25, -0.2) is 13.1 Å². The molecule has 0 aliphatic rings. The van der Waals surface area contributed by atoms with E-state index in [1.807, 2.05) is 20.0 Å². The summed E-state index contributed by atoms with van der Waals surface area (Å²) in [4.78, 5) is 1.07. The molecule has 0 bridgehead atoms. The average Bonchev–Trinajstić information content (AvgIpc) is 2.85. The zero-order valence-electron chi connectivity index (χ0n) is 11.4. The van der Waals surface area contributed by atoms with E-state index in [9.17, 15) is 8.42 Å². The van der Waals surface area contributed by atoms with Crippen molar-refractivity contribution in [1.82, 2.24) is 10.0 Å². The lowest BCUT2D eigenvalue weighted by atomic mass is 10.3. The van der Waals surface area contributed by atoms with Crippen LogP contribution in [-0.2, 0) is 21.2 Å². The van der Waals surface area contributed by atoms with E-state index < -0.39 is 10.0 Å². The molecule has 19 heavy (non-hydrogen) atoms. The average molecular weight is 306 g/mol. The maximum Gasteiger partial charge on any atom is 0.250 e. The van der Waals surface area contributed by atoms with E-state index in [1.54, 1.807) is 6.07 Å². The molecule has 1 aromatic rings. The Morgan fingerprint density at radius 2 is 2.11 bits per heavy atom. The second-order valence-corrected chi connectivity index (χ2v) is 7.18. The van der Waals surface area contributed by atoms with Crippen molar-refractivity contribution in [2.45, 2.75) is 24.0 Å². The Labute approximate surface area is 119 Å². The molecule has 7 heteroatoms. The highest BCUT2D eigenvalue weighted by atomic mass is 32.2. The number of hydrogen-bond acceptors (Lipinski definition) is 5. The topological polar surface area (TPSA) is 67.4 Å². The summed E-state index contributed by atoms with van der Waals surface area (Å²) in [5.41, 5.74) is 0. The van der Waals surface area contributed by atoms with Gasteiger partial charge in [0, 0.05) is 24.6 Å². The first-order chi connectivity index (χ1) is 9.10. The lowest BCUT2D eigenvalue weighted by Gasteiger charge is -2.04. The number of likely N-dealkylation sites (N-methyl/N-ethyl adjacent to an activating group) is 1. The Morgan fingerprint density at radius 3 is 2.79 bits per heavy atom. The minimum absolute atomic E-state index is 0.384. The van der Waals surface area contributed by atoms with E-state index in [0.29, 0.717) is 30.4 Å². The molecule has 0 saturated carbocycles. The summed E-state index contributed by atoms with van der Waals surface area (Å²) in [5.74, 6) is 0. The van der Waals surface area contributed by atoms with Crippen LogP contribution in [0.3, 0.4) is 0 Å². The van der Waals surface area contributed by atoms with Crippen molar-refractivity contribution in [3.63, 3.8) is 0 Å². The Bertz CT molecular complexity index is 457. The molecule has 1 aromatic heterocycles. The molecule has 1 heterocycles. The number of sulfonamides is 1. The molecular weight excluding hydrogens is 284 g/mol. The van der Waals surface area contributed by atoms with Crippen LogP contribution < -0.4 is 10.0 Å². The molecule has 0 atom stereocenters. The minimum Gasteiger partial charge on any atom is -0.382 e. The van der Waals surface area contributed by atoms with Crippen molar-refractivity contribution in [1.29, 1.82) is 0 Å². The van der Waals surface area contributed by atoms with Gasteiger partial charge in [0.2, 0.25) is 10.0 Å². The van der Waals surface area contributed by atoms with Crippen LogP contribution in [0.1, 0.15) is 18.2 Å². The van der Waals surface area contributed by atoms with Crippen LogP contribution >= 0.6 is 11.3 Å². The maximum absolute atomic E-state index is 12.0. The lowest BCUT2D eigenvalue weighted by molar-refractivity contribution is 0.146. The van der Waals surface area contributed by atoms with Gasteiger partial charge in [-0.2, -0.15) is 0 Å². The van der Waals surface area contributed by atoms with E-state index in [-0.39, 0.29) is 0 Å². The predicted molar refractivity (Wildman–Crippen MR) is 78.2 cm³/mol. The number of hydrogen-bond donors (Lipinski definition) is 2. The number of thiophene rings is 1. The van der Waals surface area contributed by atoms with Crippen LogP contribution in [0.25, 0.3) is 0 Å². The zero-order valence-corrected chi connectivity index (χ0v) is 13.1. The molecule has 0 spiro atoms. The molecule has 2 N–H and O–H groups in total. The van der Waals surface area contributed by atoms with Gasteiger partial charge in [0.25, 0.3) is 0 Å². The molecule has 1 rings (SSSR count). The summed E-state index contributed by atoms with van der Waals surface area (Å²) in [6.45, 7) is 4.42. The number of ether oxygens (including phenoxy) is 1. The van der Waals surface area contributed by atoms with E-state index >= 15 is 0 Å². The van der Waals surface area contributed by atoms with Crippen molar-refractivity contribution in [3.05, 3.63) is 17.0 Å².